The molecule has 5 rings (SSSR count). The van der Waals surface area contributed by atoms with Gasteiger partial charge in [-0.1, -0.05) is 47.3 Å². The van der Waals surface area contributed by atoms with E-state index in [1.54, 1.807) is 19.1 Å². The van der Waals surface area contributed by atoms with E-state index in [9.17, 15) is 15.8 Å². The van der Waals surface area contributed by atoms with E-state index in [-0.39, 0.29) is 50.0 Å². The van der Waals surface area contributed by atoms with Crippen LogP contribution in [-0.2, 0) is 0 Å². The second-order valence-electron chi connectivity index (χ2n) is 11.4. The quantitative estimate of drug-likeness (QED) is 0.137. The van der Waals surface area contributed by atoms with E-state index in [1.807, 2.05) is 6.07 Å². The third-order valence-electron chi connectivity index (χ3n) is 8.53. The number of fused-ring (bicyclic) bond motifs is 1. The van der Waals surface area contributed by atoms with Gasteiger partial charge in [-0.05, 0) is 19.4 Å². The summed E-state index contributed by atoms with van der Waals surface area (Å²) in [6, 6.07) is 3.64. The van der Waals surface area contributed by atoms with Crippen LogP contribution in [0.15, 0.2) is 125 Å². The number of nitriles is 3. The smallest absolute Gasteiger partial charge is 0.160 e. The first kappa shape index (κ1) is 34.3. The lowest BCUT2D eigenvalue weighted by molar-refractivity contribution is 0.454. The van der Waals surface area contributed by atoms with Crippen LogP contribution in [0.3, 0.4) is 0 Å². The lowest BCUT2D eigenvalue weighted by Crippen LogP contribution is -2.29. The maximum atomic E-state index is 16.3. The lowest BCUT2D eigenvalue weighted by Gasteiger charge is -2.26. The standard InChI is InChI=1S/C33H26F5N6P3/c1-6-13-23-25(35)22(26(36)29(10(2)3)43-30(13)23)16(9-41)20-18(14(7-39)17-11(4)31(45)44-33(47)27(17)37)19(20)15(8-40)21-24(34)12(5)42-32(46)28(21)38/h6,11-13,17,30,42H,1-2,45-47H2,3-5H3/t11?,12?,13-,17?,30?/m1/s1. The number of rotatable bonds is 5. The highest BCUT2D eigenvalue weighted by molar-refractivity contribution is 7.41. The maximum Gasteiger partial charge on any atom is 0.160 e. The first-order valence-electron chi connectivity index (χ1n) is 14.1. The predicted molar refractivity (Wildman–Crippen MR) is 180 cm³/mol. The lowest BCUT2D eigenvalue weighted by atomic mass is 9.84. The van der Waals surface area contributed by atoms with Crippen molar-refractivity contribution in [2.24, 2.45) is 27.7 Å². The molecule has 6 nitrogen and oxygen atoms in total. The fourth-order valence-corrected chi connectivity index (χ4v) is 7.20. The minimum Gasteiger partial charge on any atom is -0.374 e. The Morgan fingerprint density at radius 2 is 1.47 bits per heavy atom. The van der Waals surface area contributed by atoms with E-state index in [0.29, 0.717) is 5.45 Å². The Kier molecular flexibility index (Phi) is 9.14. The Balaban J connectivity index is 1.96. The molecule has 5 aliphatic rings. The molecule has 0 spiro atoms. The highest BCUT2D eigenvalue weighted by Crippen LogP contribution is 2.59. The minimum absolute atomic E-state index is 0.0569. The average molecular weight is 695 g/mol. The van der Waals surface area contributed by atoms with Crippen LogP contribution in [0.4, 0.5) is 22.0 Å². The van der Waals surface area contributed by atoms with E-state index in [4.69, 9.17) is 0 Å². The summed E-state index contributed by atoms with van der Waals surface area (Å²) in [6.07, 6.45) is 1.43. The van der Waals surface area contributed by atoms with Crippen molar-refractivity contribution in [2.75, 3.05) is 0 Å². The molecule has 3 aliphatic heterocycles. The fraction of sp³-hybridized carbons (Fsp3) is 0.242. The Morgan fingerprint density at radius 1 is 0.872 bits per heavy atom. The molecule has 8 atom stereocenters. The topological polar surface area (TPSA) is 108 Å². The van der Waals surface area contributed by atoms with Crippen molar-refractivity contribution in [1.82, 2.24) is 5.32 Å². The van der Waals surface area contributed by atoms with Crippen LogP contribution in [0.2, 0.25) is 0 Å². The Hall–Kier alpha value is -4.05. The van der Waals surface area contributed by atoms with Gasteiger partial charge in [0.15, 0.2) is 11.7 Å². The van der Waals surface area contributed by atoms with Gasteiger partial charge in [-0.3, -0.25) is 9.98 Å². The van der Waals surface area contributed by atoms with E-state index < -0.39 is 81.3 Å². The second-order valence-corrected chi connectivity index (χ2v) is 13.1. The molecule has 0 aromatic carbocycles. The van der Waals surface area contributed by atoms with E-state index in [2.05, 4.69) is 56.2 Å². The molecule has 0 saturated heterocycles. The molecule has 2 aliphatic carbocycles. The molecule has 238 valence electrons. The van der Waals surface area contributed by atoms with Crippen molar-refractivity contribution in [3.05, 3.63) is 115 Å². The number of aliphatic imine (C=N–C) groups is 2. The molecule has 0 aromatic rings. The molecule has 0 bridgehead atoms. The van der Waals surface area contributed by atoms with Crippen LogP contribution in [0, 0.1) is 51.7 Å². The van der Waals surface area contributed by atoms with Crippen LogP contribution in [-0.4, -0.2) is 23.2 Å². The molecule has 14 heteroatoms. The molecule has 2 saturated carbocycles. The van der Waals surface area contributed by atoms with Crippen molar-refractivity contribution in [3.63, 3.8) is 0 Å². The Morgan fingerprint density at radius 3 is 2.00 bits per heavy atom. The highest BCUT2D eigenvalue weighted by Gasteiger charge is 2.52. The number of hydrogen-bond donors (Lipinski definition) is 1. The third-order valence-corrected chi connectivity index (χ3v) is 10.0. The van der Waals surface area contributed by atoms with Crippen molar-refractivity contribution in [3.8, 4) is 18.2 Å². The molecule has 7 unspecified atom stereocenters. The summed E-state index contributed by atoms with van der Waals surface area (Å²) >= 11 is 0. The van der Waals surface area contributed by atoms with Gasteiger partial charge in [0.2, 0.25) is 0 Å². The maximum absolute atomic E-state index is 16.3. The fourth-order valence-electron chi connectivity index (χ4n) is 6.00. The van der Waals surface area contributed by atoms with Crippen LogP contribution >= 0.6 is 27.7 Å². The summed E-state index contributed by atoms with van der Waals surface area (Å²) in [4.78, 5) is 8.42. The van der Waals surface area contributed by atoms with Crippen LogP contribution in [0.25, 0.3) is 0 Å². The monoisotopic (exact) mass is 694 g/mol. The molecule has 0 radical (unpaired) electrons. The molecule has 1 N–H and O–H groups in total. The van der Waals surface area contributed by atoms with Gasteiger partial charge in [0.1, 0.15) is 29.6 Å². The Bertz CT molecular complexity index is 2070. The zero-order valence-corrected chi connectivity index (χ0v) is 28.7. The van der Waals surface area contributed by atoms with Gasteiger partial charge in [-0.2, -0.15) is 15.8 Å². The molecular weight excluding hydrogens is 668 g/mol. The van der Waals surface area contributed by atoms with Gasteiger partial charge in [0.05, 0.1) is 63.0 Å². The largest absolute Gasteiger partial charge is 0.374 e. The molecule has 0 aromatic heterocycles. The normalized spacial score (nSPS) is 30.3. The molecule has 3 heterocycles. The van der Waals surface area contributed by atoms with Gasteiger partial charge >= 0.3 is 0 Å². The van der Waals surface area contributed by atoms with E-state index in [1.165, 1.54) is 19.9 Å². The van der Waals surface area contributed by atoms with Crippen molar-refractivity contribution >= 4 is 38.9 Å². The number of hydrogen-bond acceptors (Lipinski definition) is 6. The van der Waals surface area contributed by atoms with Gasteiger partial charge in [-0.15, -0.1) is 6.58 Å². The molecular formula is C33H26F5N6P3. The number of nitrogens with zero attached hydrogens (tertiary/aromatic N) is 5. The predicted octanol–water partition coefficient (Wildman–Crippen LogP) is 7.91. The van der Waals surface area contributed by atoms with Gasteiger partial charge < -0.3 is 5.32 Å². The number of halogens is 5. The van der Waals surface area contributed by atoms with Gasteiger partial charge in [0, 0.05) is 45.2 Å². The van der Waals surface area contributed by atoms with Crippen LogP contribution in [0.5, 0.6) is 0 Å². The van der Waals surface area contributed by atoms with E-state index >= 15 is 22.0 Å². The summed E-state index contributed by atoms with van der Waals surface area (Å²) in [5, 5.41) is 33.9. The SMILES string of the molecule is C=C[C@@H]1C2=C(F)C(C(C#N)=C3C(=C(C#N)C4=C(F)C(C)NC(P)=C4F)C3=C(C#N)C3C(F)=C(P)N=C(P)C3C)=C(F)C(C(=C)C)=NC21. The van der Waals surface area contributed by atoms with Crippen molar-refractivity contribution in [2.45, 2.75) is 32.9 Å². The minimum atomic E-state index is -1.31. The van der Waals surface area contributed by atoms with Crippen molar-refractivity contribution in [1.29, 1.82) is 15.8 Å². The second kappa shape index (κ2) is 12.5. The zero-order chi connectivity index (χ0) is 34.8. The van der Waals surface area contributed by atoms with Crippen molar-refractivity contribution < 1.29 is 22.0 Å². The van der Waals surface area contributed by atoms with Gasteiger partial charge in [0.25, 0.3) is 0 Å². The van der Waals surface area contributed by atoms with E-state index in [0.717, 1.165) is 0 Å². The average Bonchev–Trinajstić information content (AvgIpc) is 3.93. The summed E-state index contributed by atoms with van der Waals surface area (Å²) in [5.74, 6) is -8.03. The summed E-state index contributed by atoms with van der Waals surface area (Å²) in [6.45, 7) is 11.8. The van der Waals surface area contributed by atoms with Gasteiger partial charge in [-0.25, -0.2) is 22.0 Å². The number of allylic oxidation sites excluding steroid dienone is 13. The first-order chi connectivity index (χ1) is 22.2. The summed E-state index contributed by atoms with van der Waals surface area (Å²) in [5.41, 5.74) is -4.09. The van der Waals surface area contributed by atoms with Crippen LogP contribution in [0.1, 0.15) is 20.8 Å². The molecule has 2 fully saturated rings. The first-order valence-corrected chi connectivity index (χ1v) is 15.8. The summed E-state index contributed by atoms with van der Waals surface area (Å²) in [7, 11) is 6.55. The number of nitrogens with one attached hydrogen (secondary N) is 1. The van der Waals surface area contributed by atoms with Crippen LogP contribution < -0.4 is 5.32 Å². The zero-order valence-electron chi connectivity index (χ0n) is 25.2. The third kappa shape index (κ3) is 5.34. The molecule has 0 amide bonds. The highest BCUT2D eigenvalue weighted by atomic mass is 31.0. The molecule has 47 heavy (non-hydrogen) atoms. The summed E-state index contributed by atoms with van der Waals surface area (Å²) < 4.78 is 79.6. The Labute approximate surface area is 275 Å². The number of dihydropyridines is 1.